The first-order chi connectivity index (χ1) is 18.0. The van der Waals surface area contributed by atoms with Crippen LogP contribution in [0.3, 0.4) is 0 Å². The van der Waals surface area contributed by atoms with Crippen LogP contribution in [-0.2, 0) is 4.79 Å². The maximum absolute atomic E-state index is 13.5. The lowest BCUT2D eigenvalue weighted by molar-refractivity contribution is -0.133. The predicted octanol–water partition coefficient (Wildman–Crippen LogP) is 3.31. The molecule has 1 saturated heterocycles. The first-order valence-corrected chi connectivity index (χ1v) is 12.5. The van der Waals surface area contributed by atoms with Crippen molar-refractivity contribution in [2.45, 2.75) is 6.42 Å². The summed E-state index contributed by atoms with van der Waals surface area (Å²) < 4.78 is 16.5. The number of carbonyl (C=O) groups is 3. The van der Waals surface area contributed by atoms with Gasteiger partial charge in [-0.1, -0.05) is 12.2 Å². The normalized spacial score (nSPS) is 21.8. The molecule has 2 aromatic rings. The summed E-state index contributed by atoms with van der Waals surface area (Å²) in [5.74, 6) is 0.920. The number of methoxy groups -OCH3 is 2. The van der Waals surface area contributed by atoms with Crippen LogP contribution in [0.25, 0.3) is 0 Å². The number of nitrogens with zero attached hydrogens (tertiary/aromatic N) is 2. The monoisotopic (exact) mass is 500 g/mol. The van der Waals surface area contributed by atoms with E-state index in [2.05, 4.69) is 4.90 Å². The molecule has 2 aromatic carbocycles. The fraction of sp³-hybridized carbons (Fsp3) is 0.345. The lowest BCUT2D eigenvalue weighted by Crippen LogP contribution is -2.50. The van der Waals surface area contributed by atoms with Gasteiger partial charge in [0.2, 0.25) is 0 Å². The molecule has 0 saturated carbocycles. The molecule has 190 valence electrons. The van der Waals surface area contributed by atoms with Gasteiger partial charge >= 0.3 is 0 Å². The van der Waals surface area contributed by atoms with Crippen LogP contribution >= 0.6 is 0 Å². The fourth-order valence-corrected chi connectivity index (χ4v) is 5.86. The molecule has 2 unspecified atom stereocenters. The van der Waals surface area contributed by atoms with Crippen LogP contribution in [0.1, 0.15) is 27.1 Å². The third-order valence-corrected chi connectivity index (χ3v) is 7.81. The smallest absolute Gasteiger partial charge is 0.260 e. The highest BCUT2D eigenvalue weighted by molar-refractivity contribution is 6.29. The van der Waals surface area contributed by atoms with Gasteiger partial charge in [0.15, 0.2) is 18.2 Å². The zero-order valence-corrected chi connectivity index (χ0v) is 20.9. The summed E-state index contributed by atoms with van der Waals surface area (Å²) in [4.78, 5) is 43.9. The van der Waals surface area contributed by atoms with E-state index in [1.54, 1.807) is 24.1 Å². The number of hydrogen-bond donors (Lipinski definition) is 0. The summed E-state index contributed by atoms with van der Waals surface area (Å²) in [6.07, 6.45) is 4.80. The van der Waals surface area contributed by atoms with Crippen molar-refractivity contribution in [1.82, 2.24) is 4.90 Å². The average Bonchev–Trinajstić information content (AvgIpc) is 3.57. The Balaban J connectivity index is 1.16. The minimum atomic E-state index is -0.221. The Kier molecular flexibility index (Phi) is 5.74. The maximum atomic E-state index is 13.5. The van der Waals surface area contributed by atoms with Crippen molar-refractivity contribution in [3.63, 3.8) is 0 Å². The zero-order valence-electron chi connectivity index (χ0n) is 20.9. The number of anilines is 1. The summed E-state index contributed by atoms with van der Waals surface area (Å²) in [6.45, 7) is 2.31. The van der Waals surface area contributed by atoms with Crippen LogP contribution in [0.15, 0.2) is 59.7 Å². The number of fused-ring (bicyclic) bond motifs is 5. The highest BCUT2D eigenvalue weighted by atomic mass is 16.5. The van der Waals surface area contributed by atoms with E-state index in [4.69, 9.17) is 14.2 Å². The zero-order chi connectivity index (χ0) is 25.7. The second-order valence-corrected chi connectivity index (χ2v) is 9.72. The Bertz CT molecular complexity index is 1350. The Labute approximate surface area is 215 Å². The van der Waals surface area contributed by atoms with Gasteiger partial charge in [-0.2, -0.15) is 0 Å². The number of ether oxygens (including phenoxy) is 3. The summed E-state index contributed by atoms with van der Waals surface area (Å²) in [5, 5.41) is 0. The topological polar surface area (TPSA) is 85.4 Å². The van der Waals surface area contributed by atoms with E-state index in [1.165, 1.54) is 7.11 Å². The van der Waals surface area contributed by atoms with E-state index >= 15 is 0 Å². The minimum Gasteiger partial charge on any atom is -0.497 e. The second kappa shape index (κ2) is 9.10. The highest BCUT2D eigenvalue weighted by Crippen LogP contribution is 2.50. The van der Waals surface area contributed by atoms with Crippen molar-refractivity contribution >= 4 is 23.2 Å². The molecule has 1 heterocycles. The molecule has 8 heteroatoms. The molecule has 37 heavy (non-hydrogen) atoms. The lowest BCUT2D eigenvalue weighted by Gasteiger charge is -2.36. The number of Topliss-reactive ketones (excluding diaryl/α,β-unsaturated/α-hetero) is 2. The van der Waals surface area contributed by atoms with Crippen LogP contribution in [-0.4, -0.2) is 69.4 Å². The van der Waals surface area contributed by atoms with Gasteiger partial charge < -0.3 is 24.0 Å². The molecule has 1 aliphatic heterocycles. The van der Waals surface area contributed by atoms with Gasteiger partial charge in [-0.15, -0.1) is 0 Å². The quantitative estimate of drug-likeness (QED) is 0.563. The number of benzene rings is 2. The van der Waals surface area contributed by atoms with Gasteiger partial charge in [0.1, 0.15) is 17.2 Å². The van der Waals surface area contributed by atoms with E-state index in [1.807, 2.05) is 36.4 Å². The molecule has 1 fully saturated rings. The van der Waals surface area contributed by atoms with Crippen LogP contribution < -0.4 is 19.1 Å². The summed E-state index contributed by atoms with van der Waals surface area (Å²) >= 11 is 0. The molecule has 0 aromatic heterocycles. The van der Waals surface area contributed by atoms with E-state index in [9.17, 15) is 14.4 Å². The average molecular weight is 501 g/mol. The Morgan fingerprint density at radius 2 is 1.51 bits per heavy atom. The predicted molar refractivity (Wildman–Crippen MR) is 137 cm³/mol. The molecule has 0 N–H and O–H groups in total. The standard InChI is InChI=1S/C29H28N2O6/c1-35-20-7-5-19(6-8-20)30-9-11-31(12-10-30)24(32)16-37-23-15-21(36-2)14-22-27(23)29(34)26-18-4-3-17(13-18)25(26)28(22)33/h3-8,14-15,17-18H,9-13,16H2,1-2H3. The molecule has 4 aliphatic rings. The molecular formula is C29H28N2O6. The number of carbonyl (C=O) groups excluding carboxylic acids is 3. The van der Waals surface area contributed by atoms with Gasteiger partial charge in [-0.05, 0) is 36.8 Å². The summed E-state index contributed by atoms with van der Waals surface area (Å²) in [5.41, 5.74) is 2.80. The molecule has 1 amide bonds. The number of rotatable bonds is 6. The van der Waals surface area contributed by atoms with Gasteiger partial charge in [-0.3, -0.25) is 14.4 Å². The first-order valence-electron chi connectivity index (χ1n) is 12.5. The van der Waals surface area contributed by atoms with Crippen molar-refractivity contribution in [2.75, 3.05) is 51.9 Å². The maximum Gasteiger partial charge on any atom is 0.260 e. The SMILES string of the molecule is COc1ccc(N2CCN(C(=O)COc3cc(OC)cc4c3C(=O)C3=C(C4=O)C4C=CC3C4)CC2)cc1. The third kappa shape index (κ3) is 3.87. The number of hydrogen-bond acceptors (Lipinski definition) is 7. The van der Waals surface area contributed by atoms with E-state index in [-0.39, 0.29) is 47.2 Å². The second-order valence-electron chi connectivity index (χ2n) is 9.72. The molecule has 2 bridgehead atoms. The van der Waals surface area contributed by atoms with Crippen molar-refractivity contribution in [3.05, 3.63) is 70.8 Å². The van der Waals surface area contributed by atoms with Gasteiger partial charge in [0.25, 0.3) is 5.91 Å². The molecule has 8 nitrogen and oxygen atoms in total. The molecule has 3 aliphatic carbocycles. The molecular weight excluding hydrogens is 472 g/mol. The van der Waals surface area contributed by atoms with E-state index in [0.717, 1.165) is 17.9 Å². The Morgan fingerprint density at radius 3 is 2.16 bits per heavy atom. The molecule has 0 spiro atoms. The van der Waals surface area contributed by atoms with Gasteiger partial charge in [0, 0.05) is 66.5 Å². The minimum absolute atomic E-state index is 0.00155. The van der Waals surface area contributed by atoms with Crippen LogP contribution in [0.5, 0.6) is 17.2 Å². The Hall–Kier alpha value is -4.07. The molecule has 6 rings (SSSR count). The van der Waals surface area contributed by atoms with Gasteiger partial charge in [-0.25, -0.2) is 0 Å². The van der Waals surface area contributed by atoms with Crippen LogP contribution in [0.2, 0.25) is 0 Å². The van der Waals surface area contributed by atoms with Crippen LogP contribution in [0, 0.1) is 11.8 Å². The number of piperazine rings is 1. The number of allylic oxidation sites excluding steroid dienone is 4. The molecule has 0 radical (unpaired) electrons. The van der Waals surface area contributed by atoms with Crippen LogP contribution in [0.4, 0.5) is 5.69 Å². The van der Waals surface area contributed by atoms with E-state index < -0.39 is 0 Å². The summed E-state index contributed by atoms with van der Waals surface area (Å²) in [6, 6.07) is 11.1. The van der Waals surface area contributed by atoms with Crippen molar-refractivity contribution in [1.29, 1.82) is 0 Å². The van der Waals surface area contributed by atoms with Gasteiger partial charge in [0.05, 0.1) is 19.8 Å². The number of amides is 1. The third-order valence-electron chi connectivity index (χ3n) is 7.81. The summed E-state index contributed by atoms with van der Waals surface area (Å²) in [7, 11) is 3.14. The number of ketones is 2. The highest BCUT2D eigenvalue weighted by Gasteiger charge is 2.47. The van der Waals surface area contributed by atoms with Crippen molar-refractivity contribution in [3.8, 4) is 17.2 Å². The molecule has 2 atom stereocenters. The van der Waals surface area contributed by atoms with Crippen molar-refractivity contribution < 1.29 is 28.6 Å². The largest absolute Gasteiger partial charge is 0.497 e. The lowest BCUT2D eigenvalue weighted by atomic mass is 9.79. The Morgan fingerprint density at radius 1 is 0.865 bits per heavy atom. The van der Waals surface area contributed by atoms with E-state index in [0.29, 0.717) is 48.6 Å². The van der Waals surface area contributed by atoms with Crippen molar-refractivity contribution in [2.24, 2.45) is 11.8 Å². The fourth-order valence-electron chi connectivity index (χ4n) is 5.86. The first kappa shape index (κ1) is 23.3.